The maximum Gasteiger partial charge on any atom is 0.317 e. The van der Waals surface area contributed by atoms with Crippen molar-refractivity contribution in [2.45, 2.75) is 39.3 Å². The van der Waals surface area contributed by atoms with E-state index in [9.17, 15) is 4.79 Å². The van der Waals surface area contributed by atoms with Gasteiger partial charge in [0.05, 0.1) is 0 Å². The molecule has 23 heavy (non-hydrogen) atoms. The van der Waals surface area contributed by atoms with Crippen LogP contribution in [0.25, 0.3) is 0 Å². The van der Waals surface area contributed by atoms with Crippen molar-refractivity contribution in [1.82, 2.24) is 15.5 Å². The van der Waals surface area contributed by atoms with Crippen LogP contribution in [0.2, 0.25) is 0 Å². The van der Waals surface area contributed by atoms with Gasteiger partial charge in [-0.1, -0.05) is 12.1 Å². The van der Waals surface area contributed by atoms with Crippen LogP contribution < -0.4 is 15.5 Å². The number of benzene rings is 1. The van der Waals surface area contributed by atoms with E-state index >= 15 is 0 Å². The van der Waals surface area contributed by atoms with Crippen molar-refractivity contribution < 1.29 is 4.79 Å². The number of amides is 2. The third-order valence-electron chi connectivity index (χ3n) is 4.41. The molecule has 2 rings (SSSR count). The molecule has 1 saturated heterocycles. The lowest BCUT2D eigenvalue weighted by Gasteiger charge is -2.32. The summed E-state index contributed by atoms with van der Waals surface area (Å²) in [5.41, 5.74) is 3.89. The van der Waals surface area contributed by atoms with E-state index in [1.54, 1.807) is 0 Å². The summed E-state index contributed by atoms with van der Waals surface area (Å²) in [5, 5.41) is 6.53. The number of carbonyl (C=O) groups is 1. The Bertz CT molecular complexity index is 522. The van der Waals surface area contributed by atoms with E-state index in [-0.39, 0.29) is 6.03 Å². The first-order chi connectivity index (χ1) is 11.0. The van der Waals surface area contributed by atoms with Crippen molar-refractivity contribution in [1.29, 1.82) is 0 Å². The van der Waals surface area contributed by atoms with Crippen molar-refractivity contribution >= 4 is 11.7 Å². The molecule has 1 aliphatic rings. The number of hydrogen-bond donors (Lipinski definition) is 2. The van der Waals surface area contributed by atoms with Crippen molar-refractivity contribution in [3.63, 3.8) is 0 Å². The second-order valence-electron chi connectivity index (χ2n) is 6.50. The van der Waals surface area contributed by atoms with Crippen LogP contribution in [0.15, 0.2) is 18.2 Å². The fourth-order valence-corrected chi connectivity index (χ4v) is 3.04. The molecule has 1 heterocycles. The van der Waals surface area contributed by atoms with Gasteiger partial charge in [0.25, 0.3) is 0 Å². The number of likely N-dealkylation sites (tertiary alicyclic amines) is 1. The quantitative estimate of drug-likeness (QED) is 0.876. The number of rotatable bonds is 5. The van der Waals surface area contributed by atoms with Crippen LogP contribution in [0.1, 0.15) is 30.9 Å². The Balaban J connectivity index is 1.85. The first kappa shape index (κ1) is 17.6. The SMILES string of the molecule is CCNC(=O)N1CCC(NCc2ccc(C)cc2N(C)C)CC1. The van der Waals surface area contributed by atoms with Crippen molar-refractivity contribution in [3.8, 4) is 0 Å². The van der Waals surface area contributed by atoms with Crippen LogP contribution in [0.3, 0.4) is 0 Å². The summed E-state index contributed by atoms with van der Waals surface area (Å²) in [4.78, 5) is 15.9. The third-order valence-corrected chi connectivity index (χ3v) is 4.41. The molecule has 0 spiro atoms. The molecule has 0 aromatic heterocycles. The van der Waals surface area contributed by atoms with E-state index in [2.05, 4.69) is 54.8 Å². The largest absolute Gasteiger partial charge is 0.377 e. The van der Waals surface area contributed by atoms with E-state index in [1.807, 2.05) is 11.8 Å². The van der Waals surface area contributed by atoms with Crippen LogP contribution in [0.5, 0.6) is 0 Å². The van der Waals surface area contributed by atoms with Gasteiger partial charge in [-0.05, 0) is 43.9 Å². The predicted molar refractivity (Wildman–Crippen MR) is 96.0 cm³/mol. The van der Waals surface area contributed by atoms with Crippen LogP contribution in [-0.2, 0) is 6.54 Å². The standard InChI is InChI=1S/C18H30N4O/c1-5-19-18(23)22-10-8-16(9-11-22)20-13-15-7-6-14(2)12-17(15)21(3)4/h6-7,12,16,20H,5,8-11,13H2,1-4H3,(H,19,23). The van der Waals surface area contributed by atoms with E-state index in [0.717, 1.165) is 32.5 Å². The highest BCUT2D eigenvalue weighted by molar-refractivity contribution is 5.74. The summed E-state index contributed by atoms with van der Waals surface area (Å²) in [6, 6.07) is 7.16. The summed E-state index contributed by atoms with van der Waals surface area (Å²) in [7, 11) is 4.17. The average molecular weight is 318 g/mol. The van der Waals surface area contributed by atoms with Gasteiger partial charge in [0, 0.05) is 52.0 Å². The minimum absolute atomic E-state index is 0.0689. The first-order valence-corrected chi connectivity index (χ1v) is 8.54. The highest BCUT2D eigenvalue weighted by Crippen LogP contribution is 2.21. The molecular weight excluding hydrogens is 288 g/mol. The van der Waals surface area contributed by atoms with Crippen molar-refractivity contribution in [2.24, 2.45) is 0 Å². The van der Waals surface area contributed by atoms with Gasteiger partial charge in [-0.3, -0.25) is 0 Å². The first-order valence-electron chi connectivity index (χ1n) is 8.54. The number of nitrogens with one attached hydrogen (secondary N) is 2. The minimum Gasteiger partial charge on any atom is -0.377 e. The van der Waals surface area contributed by atoms with E-state index in [0.29, 0.717) is 12.6 Å². The molecule has 1 aromatic rings. The number of nitrogens with zero attached hydrogens (tertiary/aromatic N) is 2. The molecule has 0 unspecified atom stereocenters. The fourth-order valence-electron chi connectivity index (χ4n) is 3.04. The zero-order valence-electron chi connectivity index (χ0n) is 14.9. The van der Waals surface area contributed by atoms with Gasteiger partial charge in [-0.15, -0.1) is 0 Å². The lowest BCUT2D eigenvalue weighted by atomic mass is 10.0. The summed E-state index contributed by atoms with van der Waals surface area (Å²) >= 11 is 0. The number of hydrogen-bond acceptors (Lipinski definition) is 3. The molecule has 2 N–H and O–H groups in total. The number of piperidine rings is 1. The number of carbonyl (C=O) groups excluding carboxylic acids is 1. The van der Waals surface area contributed by atoms with E-state index in [1.165, 1.54) is 16.8 Å². The third kappa shape index (κ3) is 4.86. The lowest BCUT2D eigenvalue weighted by molar-refractivity contribution is 0.177. The van der Waals surface area contributed by atoms with Crippen LogP contribution in [-0.4, -0.2) is 50.7 Å². The molecule has 0 saturated carbocycles. The zero-order chi connectivity index (χ0) is 16.8. The molecular formula is C18H30N4O. The Morgan fingerprint density at radius 3 is 2.61 bits per heavy atom. The summed E-state index contributed by atoms with van der Waals surface area (Å²) in [6.07, 6.45) is 2.03. The molecule has 128 valence electrons. The molecule has 5 heteroatoms. The fraction of sp³-hybridized carbons (Fsp3) is 0.611. The Kier molecular flexibility index (Phi) is 6.28. The van der Waals surface area contributed by atoms with Gasteiger partial charge in [0.15, 0.2) is 0 Å². The summed E-state index contributed by atoms with van der Waals surface area (Å²) in [6.45, 7) is 7.31. The topological polar surface area (TPSA) is 47.6 Å². The second kappa shape index (κ2) is 8.20. The average Bonchev–Trinajstić information content (AvgIpc) is 2.54. The molecule has 0 bridgehead atoms. The molecule has 0 aliphatic carbocycles. The monoisotopic (exact) mass is 318 g/mol. The molecule has 0 radical (unpaired) electrons. The van der Waals surface area contributed by atoms with Crippen LogP contribution >= 0.6 is 0 Å². The van der Waals surface area contributed by atoms with Gasteiger partial charge < -0.3 is 20.4 Å². The Hall–Kier alpha value is -1.75. The number of aryl methyl sites for hydroxylation is 1. The molecule has 2 amide bonds. The van der Waals surface area contributed by atoms with Gasteiger partial charge in [-0.2, -0.15) is 0 Å². The van der Waals surface area contributed by atoms with Crippen molar-refractivity contribution in [3.05, 3.63) is 29.3 Å². The van der Waals surface area contributed by atoms with E-state index < -0.39 is 0 Å². The Morgan fingerprint density at radius 1 is 1.30 bits per heavy atom. The summed E-state index contributed by atoms with van der Waals surface area (Å²) < 4.78 is 0. The lowest BCUT2D eigenvalue weighted by Crippen LogP contribution is -2.48. The minimum atomic E-state index is 0.0689. The van der Waals surface area contributed by atoms with Gasteiger partial charge in [0.2, 0.25) is 0 Å². The molecule has 1 aliphatic heterocycles. The molecule has 1 aromatic carbocycles. The van der Waals surface area contributed by atoms with Gasteiger partial charge in [-0.25, -0.2) is 4.79 Å². The smallest absolute Gasteiger partial charge is 0.317 e. The maximum atomic E-state index is 11.8. The number of urea groups is 1. The van der Waals surface area contributed by atoms with E-state index in [4.69, 9.17) is 0 Å². The summed E-state index contributed by atoms with van der Waals surface area (Å²) in [5.74, 6) is 0. The van der Waals surface area contributed by atoms with Crippen molar-refractivity contribution in [2.75, 3.05) is 38.6 Å². The Labute approximate surface area is 140 Å². The van der Waals surface area contributed by atoms with Gasteiger partial charge >= 0.3 is 6.03 Å². The molecule has 5 nitrogen and oxygen atoms in total. The maximum absolute atomic E-state index is 11.8. The van der Waals surface area contributed by atoms with Crippen LogP contribution in [0, 0.1) is 6.92 Å². The Morgan fingerprint density at radius 2 is 2.00 bits per heavy atom. The predicted octanol–water partition coefficient (Wildman–Crippen LogP) is 2.34. The molecule has 1 fully saturated rings. The zero-order valence-corrected chi connectivity index (χ0v) is 14.9. The van der Waals surface area contributed by atoms with Gasteiger partial charge in [0.1, 0.15) is 0 Å². The number of anilines is 1. The highest BCUT2D eigenvalue weighted by Gasteiger charge is 2.22. The molecule has 0 atom stereocenters. The second-order valence-corrected chi connectivity index (χ2v) is 6.50. The normalized spacial score (nSPS) is 15.6. The van der Waals surface area contributed by atoms with Crippen LogP contribution in [0.4, 0.5) is 10.5 Å². The highest BCUT2D eigenvalue weighted by atomic mass is 16.2.